The van der Waals surface area contributed by atoms with Crippen molar-refractivity contribution < 1.29 is 9.59 Å². The molecule has 0 bridgehead atoms. The third-order valence-electron chi connectivity index (χ3n) is 2.68. The molecule has 2 nitrogen and oxygen atoms in total. The van der Waals surface area contributed by atoms with E-state index in [-0.39, 0.29) is 0 Å². The molecule has 0 aliphatic rings. The van der Waals surface area contributed by atoms with Crippen LogP contribution < -0.4 is 5.11 Å². The van der Waals surface area contributed by atoms with Crippen molar-refractivity contribution in [3.63, 3.8) is 0 Å². The molecule has 0 rings (SSSR count). The molecule has 0 atom stereocenters. The molecule has 0 heterocycles. The van der Waals surface area contributed by atoms with Gasteiger partial charge in [0.25, 0.3) is 0 Å². The summed E-state index contributed by atoms with van der Waals surface area (Å²) in [5, 5.41) is 8.25. The summed E-state index contributed by atoms with van der Waals surface area (Å²) in [5.74, 6) is 0. The van der Waals surface area contributed by atoms with E-state index >= 15 is 0 Å². The number of hydrogen-bond donors (Lipinski definition) is 0. The van der Waals surface area contributed by atoms with Crippen LogP contribution in [0.4, 0.5) is 0 Å². The molecule has 0 unspecified atom stereocenters. The summed E-state index contributed by atoms with van der Waals surface area (Å²) in [6, 6.07) is 0. The number of rotatable bonds is 4. The third-order valence-corrected chi connectivity index (χ3v) is 2.68. The molecular formula is C9H23NO. The van der Waals surface area contributed by atoms with Crippen molar-refractivity contribution in [3.8, 4) is 0 Å². The van der Waals surface area contributed by atoms with Crippen LogP contribution in [0.25, 0.3) is 0 Å². The van der Waals surface area contributed by atoms with Gasteiger partial charge in [0, 0.05) is 0 Å². The van der Waals surface area contributed by atoms with Gasteiger partial charge in [0.15, 0.2) is 0 Å². The molecule has 0 saturated heterocycles. The highest BCUT2D eigenvalue weighted by Crippen LogP contribution is 2.03. The van der Waals surface area contributed by atoms with E-state index in [9.17, 15) is 0 Å². The molecule has 0 radical (unpaired) electrons. The van der Waals surface area contributed by atoms with E-state index in [1.54, 1.807) is 0 Å². The first-order chi connectivity index (χ1) is 5.24. The molecule has 0 amide bonds. The smallest absolute Gasteiger partial charge is 0.0757 e. The second-order valence-electron chi connectivity index (χ2n) is 2.61. The first kappa shape index (κ1) is 13.5. The maximum atomic E-state index is 8.25. The van der Waals surface area contributed by atoms with Crippen molar-refractivity contribution in [2.24, 2.45) is 0 Å². The molecule has 0 aliphatic heterocycles. The maximum absolute atomic E-state index is 8.25. The molecule has 70 valence electrons. The predicted molar refractivity (Wildman–Crippen MR) is 48.3 cm³/mol. The minimum Gasteiger partial charge on any atom is -0.857 e. The van der Waals surface area contributed by atoms with Gasteiger partial charge in [-0.15, -0.1) is 0 Å². The van der Waals surface area contributed by atoms with Gasteiger partial charge in [-0.2, -0.15) is 7.11 Å². The molecule has 0 N–H and O–H groups in total. The zero-order chi connectivity index (χ0) is 9.33. The zero-order valence-electron chi connectivity index (χ0n) is 8.68. The maximum Gasteiger partial charge on any atom is 0.0757 e. The van der Waals surface area contributed by atoms with Crippen LogP contribution in [0, 0.1) is 0 Å². The van der Waals surface area contributed by atoms with E-state index in [0.29, 0.717) is 0 Å². The van der Waals surface area contributed by atoms with E-state index < -0.39 is 0 Å². The number of quaternary nitrogens is 1. The Morgan fingerprint density at radius 1 is 0.727 bits per heavy atom. The average molecular weight is 161 g/mol. The Morgan fingerprint density at radius 2 is 0.909 bits per heavy atom. The van der Waals surface area contributed by atoms with Crippen molar-refractivity contribution >= 4 is 0 Å². The molecule has 0 fully saturated rings. The highest BCUT2D eigenvalue weighted by molar-refractivity contribution is 4.31. The van der Waals surface area contributed by atoms with Gasteiger partial charge in [-0.05, 0) is 27.7 Å². The van der Waals surface area contributed by atoms with Gasteiger partial charge >= 0.3 is 0 Å². The SMILES string of the molecule is CC[N+](CC)(CC)CC.C[O-]. The van der Waals surface area contributed by atoms with Crippen LogP contribution >= 0.6 is 0 Å². The first-order valence-electron chi connectivity index (χ1n) is 4.50. The van der Waals surface area contributed by atoms with Gasteiger partial charge in [0.05, 0.1) is 26.2 Å². The lowest BCUT2D eigenvalue weighted by Crippen LogP contribution is -2.47. The molecule has 0 saturated carbocycles. The lowest BCUT2D eigenvalue weighted by Gasteiger charge is -2.34. The summed E-state index contributed by atoms with van der Waals surface area (Å²) in [7, 11) is 0.750. The topological polar surface area (TPSA) is 23.1 Å². The summed E-state index contributed by atoms with van der Waals surface area (Å²) >= 11 is 0. The molecule has 2 heteroatoms. The first-order valence-corrected chi connectivity index (χ1v) is 4.50. The summed E-state index contributed by atoms with van der Waals surface area (Å²) in [5.41, 5.74) is 0. The van der Waals surface area contributed by atoms with Crippen molar-refractivity contribution in [2.45, 2.75) is 27.7 Å². The summed E-state index contributed by atoms with van der Waals surface area (Å²) in [6.45, 7) is 14.2. The van der Waals surface area contributed by atoms with Gasteiger partial charge in [0.2, 0.25) is 0 Å². The molecule has 0 aromatic carbocycles. The number of nitrogens with zero attached hydrogens (tertiary/aromatic N) is 1. The minimum absolute atomic E-state index is 0.750. The van der Waals surface area contributed by atoms with E-state index in [1.807, 2.05) is 0 Å². The van der Waals surface area contributed by atoms with Crippen molar-refractivity contribution in [1.82, 2.24) is 0 Å². The molecule has 0 aromatic heterocycles. The second kappa shape index (κ2) is 8.02. The molecule has 0 aliphatic carbocycles. The van der Waals surface area contributed by atoms with Crippen molar-refractivity contribution in [2.75, 3.05) is 33.3 Å². The van der Waals surface area contributed by atoms with Crippen LogP contribution in [-0.2, 0) is 0 Å². The molecule has 0 aromatic rings. The minimum atomic E-state index is 0.750. The fraction of sp³-hybridized carbons (Fsp3) is 1.00. The number of hydrogen-bond acceptors (Lipinski definition) is 1. The normalized spacial score (nSPS) is 10.4. The standard InChI is InChI=1S/C8H20N.CH3O/c1-5-9(6-2,7-3)8-4;1-2/h5-8H2,1-4H3;1H3/q+1;-1. The van der Waals surface area contributed by atoms with E-state index in [0.717, 1.165) is 7.11 Å². The Kier molecular flexibility index (Phi) is 9.85. The Balaban J connectivity index is 0. The highest BCUT2D eigenvalue weighted by Gasteiger charge is 2.16. The Bertz CT molecular complexity index is 52.5. The quantitative estimate of drug-likeness (QED) is 0.561. The van der Waals surface area contributed by atoms with E-state index in [1.165, 1.54) is 30.7 Å². The Labute approximate surface area is 71.4 Å². The summed E-state index contributed by atoms with van der Waals surface area (Å²) in [4.78, 5) is 0. The van der Waals surface area contributed by atoms with E-state index in [2.05, 4.69) is 27.7 Å². The fourth-order valence-electron chi connectivity index (χ4n) is 1.34. The average Bonchev–Trinajstić information content (AvgIpc) is 2.13. The van der Waals surface area contributed by atoms with Crippen molar-refractivity contribution in [3.05, 3.63) is 0 Å². The lowest BCUT2D eigenvalue weighted by molar-refractivity contribution is -0.921. The highest BCUT2D eigenvalue weighted by atomic mass is 16.2. The van der Waals surface area contributed by atoms with Gasteiger partial charge in [0.1, 0.15) is 0 Å². The van der Waals surface area contributed by atoms with Gasteiger partial charge in [-0.3, -0.25) is 0 Å². The molecule has 0 spiro atoms. The predicted octanol–water partition coefficient (Wildman–Crippen LogP) is 0.859. The molecule has 11 heavy (non-hydrogen) atoms. The molecular weight excluding hydrogens is 138 g/mol. The summed E-state index contributed by atoms with van der Waals surface area (Å²) in [6.07, 6.45) is 0. The summed E-state index contributed by atoms with van der Waals surface area (Å²) < 4.78 is 1.28. The third kappa shape index (κ3) is 4.38. The van der Waals surface area contributed by atoms with Gasteiger partial charge in [-0.25, -0.2) is 0 Å². The van der Waals surface area contributed by atoms with Crippen LogP contribution in [-0.4, -0.2) is 37.8 Å². The monoisotopic (exact) mass is 161 g/mol. The second-order valence-corrected chi connectivity index (χ2v) is 2.61. The van der Waals surface area contributed by atoms with Crippen LogP contribution in [0.3, 0.4) is 0 Å². The van der Waals surface area contributed by atoms with Gasteiger partial charge < -0.3 is 9.59 Å². The Morgan fingerprint density at radius 3 is 0.909 bits per heavy atom. The Hall–Kier alpha value is -0.0800. The van der Waals surface area contributed by atoms with Crippen LogP contribution in [0.5, 0.6) is 0 Å². The van der Waals surface area contributed by atoms with Crippen LogP contribution in [0.1, 0.15) is 27.7 Å². The fourth-order valence-corrected chi connectivity index (χ4v) is 1.34. The van der Waals surface area contributed by atoms with Crippen LogP contribution in [0.15, 0.2) is 0 Å². The van der Waals surface area contributed by atoms with Crippen molar-refractivity contribution in [1.29, 1.82) is 0 Å². The lowest BCUT2D eigenvalue weighted by atomic mass is 10.3. The van der Waals surface area contributed by atoms with Gasteiger partial charge in [-0.1, -0.05) is 0 Å². The largest absolute Gasteiger partial charge is 0.857 e. The van der Waals surface area contributed by atoms with E-state index in [4.69, 9.17) is 5.11 Å². The van der Waals surface area contributed by atoms with Crippen LogP contribution in [0.2, 0.25) is 0 Å². The zero-order valence-corrected chi connectivity index (χ0v) is 8.68.